The molecule has 0 saturated carbocycles. The highest BCUT2D eigenvalue weighted by Gasteiger charge is 2.09. The molecule has 2 aromatic carbocycles. The lowest BCUT2D eigenvalue weighted by Crippen LogP contribution is -1.95. The standard InChI is InChI=1S/C15H15FO/c1-11(2)14-10-12(16)8-9-15(14)17-13-6-4-3-5-7-13/h3-11H,1-2H3. The third-order valence-corrected chi connectivity index (χ3v) is 2.56. The number of hydrogen-bond acceptors (Lipinski definition) is 1. The van der Waals surface area contributed by atoms with Crippen molar-refractivity contribution in [3.05, 3.63) is 59.9 Å². The molecule has 0 bridgehead atoms. The quantitative estimate of drug-likeness (QED) is 0.739. The molecule has 0 heterocycles. The summed E-state index contributed by atoms with van der Waals surface area (Å²) in [5, 5.41) is 0. The van der Waals surface area contributed by atoms with Crippen LogP contribution in [0.4, 0.5) is 4.39 Å². The van der Waals surface area contributed by atoms with Crippen molar-refractivity contribution in [3.8, 4) is 11.5 Å². The van der Waals surface area contributed by atoms with Crippen LogP contribution in [0.3, 0.4) is 0 Å². The molecule has 2 aromatic rings. The van der Waals surface area contributed by atoms with Gasteiger partial charge < -0.3 is 4.74 Å². The van der Waals surface area contributed by atoms with Crippen LogP contribution in [0.5, 0.6) is 11.5 Å². The molecule has 0 spiro atoms. The van der Waals surface area contributed by atoms with Crippen LogP contribution in [0.2, 0.25) is 0 Å². The van der Waals surface area contributed by atoms with Gasteiger partial charge in [-0.2, -0.15) is 0 Å². The van der Waals surface area contributed by atoms with E-state index >= 15 is 0 Å². The van der Waals surface area contributed by atoms with E-state index in [1.807, 2.05) is 44.2 Å². The zero-order valence-corrected chi connectivity index (χ0v) is 9.98. The summed E-state index contributed by atoms with van der Waals surface area (Å²) in [6.07, 6.45) is 0. The van der Waals surface area contributed by atoms with Crippen molar-refractivity contribution in [1.82, 2.24) is 0 Å². The average Bonchev–Trinajstić information content (AvgIpc) is 2.32. The predicted molar refractivity (Wildman–Crippen MR) is 67.0 cm³/mol. The first kappa shape index (κ1) is 11.6. The molecular weight excluding hydrogens is 215 g/mol. The largest absolute Gasteiger partial charge is 0.457 e. The number of ether oxygens (including phenoxy) is 1. The first-order valence-electron chi connectivity index (χ1n) is 5.69. The fourth-order valence-corrected chi connectivity index (χ4v) is 1.68. The van der Waals surface area contributed by atoms with Crippen LogP contribution in [-0.4, -0.2) is 0 Å². The van der Waals surface area contributed by atoms with Crippen molar-refractivity contribution < 1.29 is 9.13 Å². The second-order valence-electron chi connectivity index (χ2n) is 4.25. The molecule has 0 amide bonds. The number of benzene rings is 2. The first-order valence-corrected chi connectivity index (χ1v) is 5.69. The van der Waals surface area contributed by atoms with Crippen LogP contribution in [-0.2, 0) is 0 Å². The Balaban J connectivity index is 2.33. The van der Waals surface area contributed by atoms with Crippen LogP contribution in [0.25, 0.3) is 0 Å². The maximum Gasteiger partial charge on any atom is 0.131 e. The topological polar surface area (TPSA) is 9.23 Å². The van der Waals surface area contributed by atoms with Crippen molar-refractivity contribution in [2.75, 3.05) is 0 Å². The van der Waals surface area contributed by atoms with Crippen LogP contribution < -0.4 is 4.74 Å². The minimum atomic E-state index is -0.228. The fraction of sp³-hybridized carbons (Fsp3) is 0.200. The van der Waals surface area contributed by atoms with Crippen molar-refractivity contribution in [1.29, 1.82) is 0 Å². The molecule has 0 aliphatic rings. The predicted octanol–water partition coefficient (Wildman–Crippen LogP) is 4.74. The molecule has 1 nitrogen and oxygen atoms in total. The number of halogens is 1. The van der Waals surface area contributed by atoms with E-state index in [0.29, 0.717) is 5.75 Å². The first-order chi connectivity index (χ1) is 8.16. The average molecular weight is 230 g/mol. The molecule has 0 N–H and O–H groups in total. The molecule has 2 heteroatoms. The summed E-state index contributed by atoms with van der Waals surface area (Å²) in [5.41, 5.74) is 0.883. The van der Waals surface area contributed by atoms with E-state index in [0.717, 1.165) is 11.3 Å². The minimum absolute atomic E-state index is 0.226. The summed E-state index contributed by atoms with van der Waals surface area (Å²) in [7, 11) is 0. The van der Waals surface area contributed by atoms with Crippen molar-refractivity contribution in [3.63, 3.8) is 0 Å². The maximum atomic E-state index is 13.2. The highest BCUT2D eigenvalue weighted by molar-refractivity contribution is 5.39. The van der Waals surface area contributed by atoms with Crippen LogP contribution >= 0.6 is 0 Å². The lowest BCUT2D eigenvalue weighted by atomic mass is 10.0. The van der Waals surface area contributed by atoms with Crippen LogP contribution in [0, 0.1) is 5.82 Å². The Morgan fingerprint density at radius 1 is 1.00 bits per heavy atom. The van der Waals surface area contributed by atoms with Gasteiger partial charge in [-0.1, -0.05) is 32.0 Å². The Bertz CT molecular complexity index is 492. The zero-order valence-electron chi connectivity index (χ0n) is 9.98. The van der Waals surface area contributed by atoms with Gasteiger partial charge in [-0.05, 0) is 36.2 Å². The van der Waals surface area contributed by atoms with Crippen LogP contribution in [0.15, 0.2) is 48.5 Å². The van der Waals surface area contributed by atoms with Gasteiger partial charge in [0.1, 0.15) is 17.3 Å². The zero-order chi connectivity index (χ0) is 12.3. The van der Waals surface area contributed by atoms with Gasteiger partial charge in [-0.15, -0.1) is 0 Å². The number of rotatable bonds is 3. The maximum absolute atomic E-state index is 13.2. The molecule has 0 aliphatic carbocycles. The molecule has 0 aliphatic heterocycles. The van der Waals surface area contributed by atoms with Gasteiger partial charge in [0.2, 0.25) is 0 Å². The van der Waals surface area contributed by atoms with Gasteiger partial charge >= 0.3 is 0 Å². The summed E-state index contributed by atoms with van der Waals surface area (Å²) in [6.45, 7) is 4.04. The molecule has 0 unspecified atom stereocenters. The third kappa shape index (κ3) is 2.84. The summed E-state index contributed by atoms with van der Waals surface area (Å²) in [5.74, 6) is 1.48. The molecule has 17 heavy (non-hydrogen) atoms. The van der Waals surface area contributed by atoms with Gasteiger partial charge in [-0.3, -0.25) is 0 Å². The Morgan fingerprint density at radius 2 is 1.71 bits per heavy atom. The van der Waals surface area contributed by atoms with E-state index < -0.39 is 0 Å². The Hall–Kier alpha value is -1.83. The molecule has 88 valence electrons. The summed E-state index contributed by atoms with van der Waals surface area (Å²) < 4.78 is 18.9. The molecule has 0 radical (unpaired) electrons. The van der Waals surface area contributed by atoms with Gasteiger partial charge in [0.25, 0.3) is 0 Å². The number of hydrogen-bond donors (Lipinski definition) is 0. The lowest BCUT2D eigenvalue weighted by molar-refractivity contribution is 0.470. The van der Waals surface area contributed by atoms with Crippen molar-refractivity contribution >= 4 is 0 Å². The highest BCUT2D eigenvalue weighted by Crippen LogP contribution is 2.30. The smallest absolute Gasteiger partial charge is 0.131 e. The molecule has 0 atom stereocenters. The monoisotopic (exact) mass is 230 g/mol. The van der Waals surface area contributed by atoms with E-state index in [-0.39, 0.29) is 11.7 Å². The summed E-state index contributed by atoms with van der Waals surface area (Å²) in [4.78, 5) is 0. The van der Waals surface area contributed by atoms with E-state index in [9.17, 15) is 4.39 Å². The summed E-state index contributed by atoms with van der Waals surface area (Å²) in [6, 6.07) is 14.1. The molecule has 0 aromatic heterocycles. The van der Waals surface area contributed by atoms with Crippen LogP contribution in [0.1, 0.15) is 25.3 Å². The van der Waals surface area contributed by atoms with E-state index in [1.165, 1.54) is 12.1 Å². The van der Waals surface area contributed by atoms with Gasteiger partial charge in [0.15, 0.2) is 0 Å². The van der Waals surface area contributed by atoms with Crippen molar-refractivity contribution in [2.45, 2.75) is 19.8 Å². The number of para-hydroxylation sites is 1. The SMILES string of the molecule is CC(C)c1cc(F)ccc1Oc1ccccc1. The minimum Gasteiger partial charge on any atom is -0.457 e. The van der Waals surface area contributed by atoms with E-state index in [2.05, 4.69) is 0 Å². The normalized spacial score (nSPS) is 10.6. The molecule has 2 rings (SSSR count). The van der Waals surface area contributed by atoms with Crippen molar-refractivity contribution in [2.24, 2.45) is 0 Å². The van der Waals surface area contributed by atoms with Gasteiger partial charge in [-0.25, -0.2) is 4.39 Å². The molecular formula is C15H15FO. The molecule has 0 saturated heterocycles. The van der Waals surface area contributed by atoms with E-state index in [1.54, 1.807) is 6.07 Å². The van der Waals surface area contributed by atoms with E-state index in [4.69, 9.17) is 4.74 Å². The third-order valence-electron chi connectivity index (χ3n) is 2.56. The van der Waals surface area contributed by atoms with Gasteiger partial charge in [0.05, 0.1) is 0 Å². The lowest BCUT2D eigenvalue weighted by Gasteiger charge is -2.13. The fourth-order valence-electron chi connectivity index (χ4n) is 1.68. The second kappa shape index (κ2) is 5.00. The second-order valence-corrected chi connectivity index (χ2v) is 4.25. The Morgan fingerprint density at radius 3 is 2.35 bits per heavy atom. The summed E-state index contributed by atoms with van der Waals surface area (Å²) >= 11 is 0. The van der Waals surface area contributed by atoms with Gasteiger partial charge in [0, 0.05) is 5.56 Å². The highest BCUT2D eigenvalue weighted by atomic mass is 19.1. The Labute approximate surface area is 101 Å². The Kier molecular flexibility index (Phi) is 3.43. The molecule has 0 fully saturated rings.